The van der Waals surface area contributed by atoms with E-state index in [1.165, 1.54) is 18.2 Å². The summed E-state index contributed by atoms with van der Waals surface area (Å²) >= 11 is 1.13. The molecule has 0 aliphatic rings. The van der Waals surface area contributed by atoms with Gasteiger partial charge in [-0.3, -0.25) is 4.79 Å². The predicted octanol–water partition coefficient (Wildman–Crippen LogP) is 5.25. The summed E-state index contributed by atoms with van der Waals surface area (Å²) in [6.45, 7) is 0. The van der Waals surface area contributed by atoms with Crippen LogP contribution < -0.4 is 0 Å². The minimum absolute atomic E-state index is 0.149. The van der Waals surface area contributed by atoms with Crippen molar-refractivity contribution in [1.82, 2.24) is 4.98 Å². The van der Waals surface area contributed by atoms with Gasteiger partial charge in [0, 0.05) is 22.9 Å². The highest BCUT2D eigenvalue weighted by molar-refractivity contribution is 7.90. The Kier molecular flexibility index (Phi) is 5.32. The standard InChI is InChI=1S/C23H16FNO3S2/c1-30(27,28)19-10-6-5-9-18(19)22-20(15-11-13-17(24)14-12-15)25-23(29-22)21(26)16-7-3-2-4-8-16/h2-14H,1H3. The molecule has 4 rings (SSSR count). The molecule has 150 valence electrons. The summed E-state index contributed by atoms with van der Waals surface area (Å²) in [6, 6.07) is 21.1. The topological polar surface area (TPSA) is 64.1 Å². The van der Waals surface area contributed by atoms with Crippen molar-refractivity contribution >= 4 is 27.0 Å². The van der Waals surface area contributed by atoms with Crippen molar-refractivity contribution in [2.45, 2.75) is 4.90 Å². The smallest absolute Gasteiger partial charge is 0.221 e. The minimum atomic E-state index is -3.52. The Morgan fingerprint density at radius 3 is 2.20 bits per heavy atom. The second-order valence-electron chi connectivity index (χ2n) is 6.67. The van der Waals surface area contributed by atoms with E-state index >= 15 is 0 Å². The number of thiazole rings is 1. The Balaban J connectivity index is 1.95. The molecule has 7 heteroatoms. The first-order valence-electron chi connectivity index (χ1n) is 9.00. The molecule has 0 atom stereocenters. The summed E-state index contributed by atoms with van der Waals surface area (Å²) < 4.78 is 38.1. The van der Waals surface area contributed by atoms with Gasteiger partial charge in [0.25, 0.3) is 0 Å². The van der Waals surface area contributed by atoms with Gasteiger partial charge < -0.3 is 0 Å². The Hall–Kier alpha value is -3.16. The monoisotopic (exact) mass is 437 g/mol. The summed E-state index contributed by atoms with van der Waals surface area (Å²) in [5.74, 6) is -0.653. The number of hydrogen-bond donors (Lipinski definition) is 0. The lowest BCUT2D eigenvalue weighted by atomic mass is 10.1. The fraction of sp³-hybridized carbons (Fsp3) is 0.0435. The third kappa shape index (κ3) is 3.94. The summed E-state index contributed by atoms with van der Waals surface area (Å²) in [6.07, 6.45) is 1.14. The van der Waals surface area contributed by atoms with Crippen molar-refractivity contribution < 1.29 is 17.6 Å². The number of benzene rings is 3. The van der Waals surface area contributed by atoms with Crippen LogP contribution in [0.2, 0.25) is 0 Å². The molecular weight excluding hydrogens is 421 g/mol. The molecule has 0 aliphatic heterocycles. The quantitative estimate of drug-likeness (QED) is 0.400. The number of halogens is 1. The maximum absolute atomic E-state index is 13.4. The highest BCUT2D eigenvalue weighted by Crippen LogP contribution is 2.40. The number of aromatic nitrogens is 1. The van der Waals surface area contributed by atoms with Gasteiger partial charge in [-0.15, -0.1) is 11.3 Å². The first kappa shape index (κ1) is 20.1. The molecular formula is C23H16FNO3S2. The van der Waals surface area contributed by atoms with Gasteiger partial charge in [-0.1, -0.05) is 48.5 Å². The van der Waals surface area contributed by atoms with E-state index in [-0.39, 0.29) is 15.7 Å². The summed E-state index contributed by atoms with van der Waals surface area (Å²) in [7, 11) is -3.52. The third-order valence-corrected chi connectivity index (χ3v) is 6.75. The van der Waals surface area contributed by atoms with Gasteiger partial charge in [-0.25, -0.2) is 17.8 Å². The van der Waals surface area contributed by atoms with Crippen LogP contribution in [0.3, 0.4) is 0 Å². The molecule has 0 spiro atoms. The van der Waals surface area contributed by atoms with Gasteiger partial charge in [-0.2, -0.15) is 0 Å². The van der Waals surface area contributed by atoms with Gasteiger partial charge in [0.1, 0.15) is 5.82 Å². The van der Waals surface area contributed by atoms with Gasteiger partial charge in [0.15, 0.2) is 14.8 Å². The molecule has 1 heterocycles. The molecule has 0 aliphatic carbocycles. The van der Waals surface area contributed by atoms with Gasteiger partial charge in [-0.05, 0) is 30.3 Å². The van der Waals surface area contributed by atoms with E-state index in [0.29, 0.717) is 27.3 Å². The van der Waals surface area contributed by atoms with Crippen LogP contribution in [0, 0.1) is 5.82 Å². The lowest BCUT2D eigenvalue weighted by Crippen LogP contribution is -2.00. The van der Waals surface area contributed by atoms with E-state index in [4.69, 9.17) is 0 Å². The average molecular weight is 438 g/mol. The molecule has 0 unspecified atom stereocenters. The molecule has 3 aromatic carbocycles. The fourth-order valence-electron chi connectivity index (χ4n) is 3.09. The van der Waals surface area contributed by atoms with E-state index < -0.39 is 15.7 Å². The zero-order valence-electron chi connectivity index (χ0n) is 15.9. The van der Waals surface area contributed by atoms with Crippen molar-refractivity contribution in [3.63, 3.8) is 0 Å². The molecule has 0 saturated carbocycles. The average Bonchev–Trinajstić information content (AvgIpc) is 3.19. The molecule has 0 radical (unpaired) electrons. The molecule has 0 saturated heterocycles. The number of rotatable bonds is 5. The number of ketones is 1. The predicted molar refractivity (Wildman–Crippen MR) is 116 cm³/mol. The Morgan fingerprint density at radius 1 is 0.900 bits per heavy atom. The summed E-state index contributed by atoms with van der Waals surface area (Å²) in [5, 5.41) is 0.235. The van der Waals surface area contributed by atoms with Gasteiger partial charge >= 0.3 is 0 Å². The molecule has 4 aromatic rings. The molecule has 1 aromatic heterocycles. The molecule has 0 amide bonds. The fourth-order valence-corrected chi connectivity index (χ4v) is 5.14. The third-order valence-electron chi connectivity index (χ3n) is 4.51. The van der Waals surface area contributed by atoms with Crippen molar-refractivity contribution in [1.29, 1.82) is 0 Å². The first-order chi connectivity index (χ1) is 14.3. The number of hydrogen-bond acceptors (Lipinski definition) is 5. The largest absolute Gasteiger partial charge is 0.286 e. The lowest BCUT2D eigenvalue weighted by Gasteiger charge is -2.08. The van der Waals surface area contributed by atoms with Crippen LogP contribution in [-0.4, -0.2) is 25.4 Å². The number of carbonyl (C=O) groups is 1. The normalized spacial score (nSPS) is 11.4. The minimum Gasteiger partial charge on any atom is -0.286 e. The van der Waals surface area contributed by atoms with Crippen molar-refractivity contribution in [3.8, 4) is 21.7 Å². The maximum Gasteiger partial charge on any atom is 0.221 e. The first-order valence-corrected chi connectivity index (χ1v) is 11.7. The Bertz CT molecular complexity index is 1330. The van der Waals surface area contributed by atoms with Crippen molar-refractivity contribution in [2.24, 2.45) is 0 Å². The number of nitrogens with zero attached hydrogens (tertiary/aromatic N) is 1. The van der Waals surface area contributed by atoms with E-state index in [1.54, 1.807) is 54.6 Å². The van der Waals surface area contributed by atoms with E-state index in [9.17, 15) is 17.6 Å². The van der Waals surface area contributed by atoms with E-state index in [1.807, 2.05) is 6.07 Å². The van der Waals surface area contributed by atoms with Crippen LogP contribution in [0.15, 0.2) is 83.8 Å². The molecule has 30 heavy (non-hydrogen) atoms. The molecule has 0 bridgehead atoms. The highest BCUT2D eigenvalue weighted by atomic mass is 32.2. The number of carbonyl (C=O) groups excluding carboxylic acids is 1. The lowest BCUT2D eigenvalue weighted by molar-refractivity contribution is 0.103. The second kappa shape index (κ2) is 7.93. The van der Waals surface area contributed by atoms with E-state index in [0.717, 1.165) is 17.6 Å². The zero-order valence-corrected chi connectivity index (χ0v) is 17.5. The van der Waals surface area contributed by atoms with Gasteiger partial charge in [0.2, 0.25) is 5.78 Å². The molecule has 0 N–H and O–H groups in total. The van der Waals surface area contributed by atoms with Crippen LogP contribution >= 0.6 is 11.3 Å². The van der Waals surface area contributed by atoms with Crippen LogP contribution in [0.25, 0.3) is 21.7 Å². The SMILES string of the molecule is CS(=O)(=O)c1ccccc1-c1sc(C(=O)c2ccccc2)nc1-c1ccc(F)cc1. The van der Waals surface area contributed by atoms with Crippen molar-refractivity contribution in [3.05, 3.63) is 95.3 Å². The van der Waals surface area contributed by atoms with Crippen LogP contribution in [-0.2, 0) is 9.84 Å². The second-order valence-corrected chi connectivity index (χ2v) is 9.65. The Morgan fingerprint density at radius 2 is 1.53 bits per heavy atom. The Labute approximate surface area is 177 Å². The zero-order chi connectivity index (χ0) is 21.3. The maximum atomic E-state index is 13.4. The number of sulfone groups is 1. The molecule has 4 nitrogen and oxygen atoms in total. The van der Waals surface area contributed by atoms with Gasteiger partial charge in [0.05, 0.1) is 15.5 Å². The van der Waals surface area contributed by atoms with Crippen LogP contribution in [0.4, 0.5) is 4.39 Å². The van der Waals surface area contributed by atoms with Crippen molar-refractivity contribution in [2.75, 3.05) is 6.26 Å². The highest BCUT2D eigenvalue weighted by Gasteiger charge is 2.24. The van der Waals surface area contributed by atoms with Crippen LogP contribution in [0.5, 0.6) is 0 Å². The van der Waals surface area contributed by atoms with Crippen LogP contribution in [0.1, 0.15) is 15.4 Å². The summed E-state index contributed by atoms with van der Waals surface area (Å²) in [4.78, 5) is 18.2. The molecule has 0 fully saturated rings. The van der Waals surface area contributed by atoms with E-state index in [2.05, 4.69) is 4.98 Å². The summed E-state index contributed by atoms with van der Waals surface area (Å²) in [5.41, 5.74) is 1.98.